The molecule has 3 nitrogen and oxygen atoms in total. The summed E-state index contributed by atoms with van der Waals surface area (Å²) < 4.78 is 11.3. The second-order valence-electron chi connectivity index (χ2n) is 14.5. The monoisotopic (exact) mass is 700 g/mol. The van der Waals surface area contributed by atoms with Gasteiger partial charge in [-0.2, -0.15) is 0 Å². The lowest BCUT2D eigenvalue weighted by atomic mass is 10.00. The molecular weight excluding hydrogens is 669 g/mol. The van der Waals surface area contributed by atoms with Crippen molar-refractivity contribution >= 4 is 76.3 Å². The van der Waals surface area contributed by atoms with Gasteiger partial charge < -0.3 is 13.6 Å². The molecule has 3 aromatic heterocycles. The lowest BCUT2D eigenvalue weighted by Gasteiger charge is -2.12. The number of hydrogen-bond donors (Lipinski definition) is 0. The maximum Gasteiger partial charge on any atom is 0.136 e. The Hall–Kier alpha value is -7.36. The third-order valence-electron chi connectivity index (χ3n) is 11.5. The molecule has 0 saturated carbocycles. The highest BCUT2D eigenvalue weighted by Crippen LogP contribution is 2.42. The molecule has 0 bridgehead atoms. The van der Waals surface area contributed by atoms with E-state index < -0.39 is 0 Å². The summed E-state index contributed by atoms with van der Waals surface area (Å²) in [5, 5.41) is 9.56. The van der Waals surface area contributed by atoms with Crippen LogP contribution in [0.25, 0.3) is 110 Å². The molecule has 0 aliphatic heterocycles. The van der Waals surface area contributed by atoms with Gasteiger partial charge in [0.1, 0.15) is 11.2 Å². The SMILES string of the molecule is c1ccc(-c2cccc(-n3c4ccccc4c4cc(-c5ccc6c(c5)c5cc7oc8ccccc8c7cc5n6-c5cccc6ccccc56)ccc43)c2)cc1. The van der Waals surface area contributed by atoms with Crippen molar-refractivity contribution in [1.82, 2.24) is 9.13 Å². The first-order valence-corrected chi connectivity index (χ1v) is 18.8. The Bertz CT molecular complexity index is 3480. The standard InChI is InChI=1S/C52H32N2O/c1-2-12-33(13-3-1)35-16-10-17-38(28-35)53-47-21-8-6-19-40(47)42-29-36(24-26-48(42)53)37-25-27-49-43(30-37)44-32-52-45(41-20-7-9-23-51(41)55-52)31-50(44)54(49)46-22-11-15-34-14-4-5-18-39(34)46/h1-32H. The summed E-state index contributed by atoms with van der Waals surface area (Å²) in [6.45, 7) is 0. The van der Waals surface area contributed by atoms with Gasteiger partial charge in [0.05, 0.1) is 27.8 Å². The summed E-state index contributed by atoms with van der Waals surface area (Å²) >= 11 is 0. The Labute approximate surface area is 316 Å². The van der Waals surface area contributed by atoms with E-state index in [0.29, 0.717) is 0 Å². The molecule has 12 rings (SSSR count). The van der Waals surface area contributed by atoms with Crippen LogP contribution in [0.15, 0.2) is 199 Å². The molecule has 3 heteroatoms. The fraction of sp³-hybridized carbons (Fsp3) is 0. The number of fused-ring (bicyclic) bond motifs is 10. The van der Waals surface area contributed by atoms with Gasteiger partial charge in [-0.3, -0.25) is 0 Å². The van der Waals surface area contributed by atoms with Crippen molar-refractivity contribution in [3.63, 3.8) is 0 Å². The van der Waals surface area contributed by atoms with Gasteiger partial charge >= 0.3 is 0 Å². The molecule has 9 aromatic carbocycles. The molecule has 0 spiro atoms. The quantitative estimate of drug-likeness (QED) is 0.179. The van der Waals surface area contributed by atoms with Gasteiger partial charge in [-0.1, -0.05) is 127 Å². The van der Waals surface area contributed by atoms with Crippen molar-refractivity contribution in [3.8, 4) is 33.6 Å². The topological polar surface area (TPSA) is 23.0 Å². The van der Waals surface area contributed by atoms with Gasteiger partial charge in [0.2, 0.25) is 0 Å². The Morgan fingerprint density at radius 2 is 0.891 bits per heavy atom. The molecule has 0 saturated heterocycles. The normalized spacial score (nSPS) is 12.0. The van der Waals surface area contributed by atoms with Gasteiger partial charge in [0.25, 0.3) is 0 Å². The van der Waals surface area contributed by atoms with Crippen LogP contribution in [0, 0.1) is 0 Å². The van der Waals surface area contributed by atoms with Crippen LogP contribution in [0.2, 0.25) is 0 Å². The molecule has 0 fully saturated rings. The molecule has 0 N–H and O–H groups in total. The van der Waals surface area contributed by atoms with E-state index in [1.54, 1.807) is 0 Å². The van der Waals surface area contributed by atoms with Crippen LogP contribution in [0.5, 0.6) is 0 Å². The number of rotatable bonds is 4. The summed E-state index contributed by atoms with van der Waals surface area (Å²) in [7, 11) is 0. The zero-order valence-corrected chi connectivity index (χ0v) is 29.8. The van der Waals surface area contributed by atoms with Gasteiger partial charge in [0.15, 0.2) is 0 Å². The van der Waals surface area contributed by atoms with Crippen LogP contribution in [-0.4, -0.2) is 9.13 Å². The van der Waals surface area contributed by atoms with E-state index >= 15 is 0 Å². The van der Waals surface area contributed by atoms with Gasteiger partial charge in [-0.15, -0.1) is 0 Å². The Morgan fingerprint density at radius 1 is 0.291 bits per heavy atom. The summed E-state index contributed by atoms with van der Waals surface area (Å²) in [5.41, 5.74) is 13.6. The van der Waals surface area contributed by atoms with Gasteiger partial charge in [-0.05, 0) is 94.4 Å². The van der Waals surface area contributed by atoms with Crippen molar-refractivity contribution in [2.45, 2.75) is 0 Å². The highest BCUT2D eigenvalue weighted by molar-refractivity contribution is 6.18. The number of nitrogens with zero attached hydrogens (tertiary/aromatic N) is 2. The maximum absolute atomic E-state index is 6.46. The van der Waals surface area contributed by atoms with Crippen molar-refractivity contribution in [2.24, 2.45) is 0 Å². The Morgan fingerprint density at radius 3 is 1.75 bits per heavy atom. The molecule has 0 amide bonds. The molecule has 0 radical (unpaired) electrons. The molecule has 256 valence electrons. The zero-order valence-electron chi connectivity index (χ0n) is 29.8. The molecule has 12 aromatic rings. The molecule has 0 unspecified atom stereocenters. The van der Waals surface area contributed by atoms with Crippen molar-refractivity contribution in [1.29, 1.82) is 0 Å². The summed E-state index contributed by atoms with van der Waals surface area (Å²) in [6.07, 6.45) is 0. The number of furan rings is 1. The smallest absolute Gasteiger partial charge is 0.136 e. The fourth-order valence-electron chi connectivity index (χ4n) is 8.97. The minimum absolute atomic E-state index is 0.904. The molecule has 55 heavy (non-hydrogen) atoms. The van der Waals surface area contributed by atoms with Crippen molar-refractivity contribution < 1.29 is 4.42 Å². The third-order valence-corrected chi connectivity index (χ3v) is 11.5. The highest BCUT2D eigenvalue weighted by atomic mass is 16.3. The Balaban J connectivity index is 1.08. The van der Waals surface area contributed by atoms with E-state index in [9.17, 15) is 0 Å². The van der Waals surface area contributed by atoms with E-state index in [-0.39, 0.29) is 0 Å². The summed E-state index contributed by atoms with van der Waals surface area (Å²) in [6, 6.07) is 70.3. The lowest BCUT2D eigenvalue weighted by Crippen LogP contribution is -1.95. The van der Waals surface area contributed by atoms with Crippen LogP contribution in [0.1, 0.15) is 0 Å². The molecular formula is C52H32N2O. The lowest BCUT2D eigenvalue weighted by molar-refractivity contribution is 0.669. The summed E-state index contributed by atoms with van der Waals surface area (Å²) in [4.78, 5) is 0. The maximum atomic E-state index is 6.46. The average Bonchev–Trinajstić information content (AvgIpc) is 3.89. The fourth-order valence-corrected chi connectivity index (χ4v) is 8.97. The van der Waals surface area contributed by atoms with Crippen LogP contribution in [-0.2, 0) is 0 Å². The first-order valence-electron chi connectivity index (χ1n) is 18.8. The van der Waals surface area contributed by atoms with Crippen LogP contribution < -0.4 is 0 Å². The second kappa shape index (κ2) is 11.6. The van der Waals surface area contributed by atoms with Crippen LogP contribution in [0.3, 0.4) is 0 Å². The van der Waals surface area contributed by atoms with E-state index in [2.05, 4.69) is 197 Å². The third kappa shape index (κ3) is 4.50. The second-order valence-corrected chi connectivity index (χ2v) is 14.5. The van der Waals surface area contributed by atoms with E-state index in [1.165, 1.54) is 82.3 Å². The average molecular weight is 701 g/mol. The Kier molecular flexibility index (Phi) is 6.34. The van der Waals surface area contributed by atoms with Crippen molar-refractivity contribution in [2.75, 3.05) is 0 Å². The predicted molar refractivity (Wildman–Crippen MR) is 231 cm³/mol. The van der Waals surface area contributed by atoms with E-state index in [0.717, 1.165) is 27.6 Å². The number of para-hydroxylation sites is 2. The van der Waals surface area contributed by atoms with Gasteiger partial charge in [-0.25, -0.2) is 0 Å². The minimum atomic E-state index is 0.904. The van der Waals surface area contributed by atoms with Gasteiger partial charge in [0, 0.05) is 43.4 Å². The molecule has 3 heterocycles. The number of benzene rings is 9. The molecule has 0 atom stereocenters. The van der Waals surface area contributed by atoms with Crippen LogP contribution >= 0.6 is 0 Å². The molecule has 0 aliphatic carbocycles. The largest absolute Gasteiger partial charge is 0.456 e. The van der Waals surface area contributed by atoms with Crippen molar-refractivity contribution in [3.05, 3.63) is 194 Å². The van der Waals surface area contributed by atoms with Crippen LogP contribution in [0.4, 0.5) is 0 Å². The first kappa shape index (κ1) is 30.1. The minimum Gasteiger partial charge on any atom is -0.456 e. The van der Waals surface area contributed by atoms with E-state index in [4.69, 9.17) is 4.42 Å². The molecule has 0 aliphatic rings. The highest BCUT2D eigenvalue weighted by Gasteiger charge is 2.19. The first-order chi connectivity index (χ1) is 27.3. The predicted octanol–water partition coefficient (Wildman–Crippen LogP) is 14.3. The zero-order chi connectivity index (χ0) is 36.0. The number of aromatic nitrogens is 2. The number of hydrogen-bond acceptors (Lipinski definition) is 1. The summed E-state index contributed by atoms with van der Waals surface area (Å²) in [5.74, 6) is 0. The van der Waals surface area contributed by atoms with E-state index in [1.807, 2.05) is 6.07 Å².